The summed E-state index contributed by atoms with van der Waals surface area (Å²) in [7, 11) is 0. The molecule has 0 aliphatic rings. The van der Waals surface area contributed by atoms with Gasteiger partial charge in [0, 0.05) is 6.42 Å². The van der Waals surface area contributed by atoms with E-state index in [2.05, 4.69) is 38.6 Å². The van der Waals surface area contributed by atoms with Crippen molar-refractivity contribution in [2.75, 3.05) is 0 Å². The lowest BCUT2D eigenvalue weighted by Gasteiger charge is -2.20. The summed E-state index contributed by atoms with van der Waals surface area (Å²) in [6, 6.07) is 15.7. The molecule has 0 amide bonds. The summed E-state index contributed by atoms with van der Waals surface area (Å²) in [6.45, 7) is 8.34. The van der Waals surface area contributed by atoms with E-state index in [4.69, 9.17) is 16.3 Å². The van der Waals surface area contributed by atoms with Crippen molar-refractivity contribution in [2.24, 2.45) is 0 Å². The third-order valence-corrected chi connectivity index (χ3v) is 5.47. The van der Waals surface area contributed by atoms with E-state index in [1.807, 2.05) is 51.1 Å². The first-order valence-electron chi connectivity index (χ1n) is 11.0. The SMILES string of the molecule is CCCc1nc2c(Cl)ncnc2n1Cc1ccc(-c2ccccc2C(=O)OC(C)(C)C)cc1. The van der Waals surface area contributed by atoms with Gasteiger partial charge in [0.05, 0.1) is 12.1 Å². The molecule has 0 aliphatic heterocycles. The number of hydrogen-bond donors (Lipinski definition) is 0. The van der Waals surface area contributed by atoms with Crippen LogP contribution < -0.4 is 0 Å². The summed E-state index contributed by atoms with van der Waals surface area (Å²) in [6.07, 6.45) is 3.26. The molecule has 0 fully saturated rings. The molecule has 170 valence electrons. The number of aromatic nitrogens is 4. The van der Waals surface area contributed by atoms with Crippen molar-refractivity contribution < 1.29 is 9.53 Å². The van der Waals surface area contributed by atoms with E-state index < -0.39 is 5.60 Å². The Labute approximate surface area is 198 Å². The van der Waals surface area contributed by atoms with Gasteiger partial charge >= 0.3 is 5.97 Å². The fourth-order valence-corrected chi connectivity index (χ4v) is 3.92. The Kier molecular flexibility index (Phi) is 6.47. The molecular formula is C26H27ClN4O2. The number of rotatable bonds is 6. The van der Waals surface area contributed by atoms with Crippen LogP contribution in [0.3, 0.4) is 0 Å². The van der Waals surface area contributed by atoms with Crippen LogP contribution in [-0.2, 0) is 17.7 Å². The van der Waals surface area contributed by atoms with Gasteiger partial charge in [-0.3, -0.25) is 0 Å². The van der Waals surface area contributed by atoms with E-state index in [0.717, 1.165) is 41.0 Å². The van der Waals surface area contributed by atoms with E-state index in [0.29, 0.717) is 22.8 Å². The number of halogens is 1. The number of carbonyl (C=O) groups is 1. The van der Waals surface area contributed by atoms with Gasteiger partial charge in [0.2, 0.25) is 0 Å². The van der Waals surface area contributed by atoms with Crippen molar-refractivity contribution in [3.8, 4) is 11.1 Å². The molecule has 0 saturated heterocycles. The van der Waals surface area contributed by atoms with Crippen LogP contribution in [0.25, 0.3) is 22.3 Å². The summed E-state index contributed by atoms with van der Waals surface area (Å²) < 4.78 is 7.69. The molecular weight excluding hydrogens is 436 g/mol. The van der Waals surface area contributed by atoms with Crippen molar-refractivity contribution in [1.82, 2.24) is 19.5 Å². The Balaban J connectivity index is 1.64. The third kappa shape index (κ3) is 5.06. The van der Waals surface area contributed by atoms with Gasteiger partial charge in [0.1, 0.15) is 23.3 Å². The molecule has 0 N–H and O–H groups in total. The number of nitrogens with zero attached hydrogens (tertiary/aromatic N) is 4. The standard InChI is InChI=1S/C26H27ClN4O2/c1-5-8-21-30-22-23(27)28-16-29-24(22)31(21)15-17-11-13-18(14-12-17)19-9-6-7-10-20(19)25(32)33-26(2,3)4/h6-7,9-14,16H,5,8,15H2,1-4H3. The number of benzene rings is 2. The Hall–Kier alpha value is -3.25. The molecule has 0 atom stereocenters. The van der Waals surface area contributed by atoms with Gasteiger partial charge in [0.15, 0.2) is 10.8 Å². The normalized spacial score (nSPS) is 11.7. The monoisotopic (exact) mass is 462 g/mol. The van der Waals surface area contributed by atoms with Crippen molar-refractivity contribution in [2.45, 2.75) is 52.7 Å². The summed E-state index contributed by atoms with van der Waals surface area (Å²) in [5.41, 5.74) is 4.26. The molecule has 4 rings (SSSR count). The van der Waals surface area contributed by atoms with Crippen LogP contribution >= 0.6 is 11.6 Å². The number of carbonyl (C=O) groups excluding carboxylic acids is 1. The van der Waals surface area contributed by atoms with Crippen molar-refractivity contribution in [3.05, 3.63) is 77.0 Å². The maximum atomic E-state index is 12.7. The molecule has 7 heteroatoms. The first-order chi connectivity index (χ1) is 15.8. The van der Waals surface area contributed by atoms with Crippen molar-refractivity contribution in [1.29, 1.82) is 0 Å². The van der Waals surface area contributed by atoms with Crippen LogP contribution in [-0.4, -0.2) is 31.1 Å². The number of aryl methyl sites for hydroxylation is 1. The zero-order chi connectivity index (χ0) is 23.6. The number of esters is 1. The summed E-state index contributed by atoms with van der Waals surface area (Å²) in [5, 5.41) is 0.366. The summed E-state index contributed by atoms with van der Waals surface area (Å²) in [4.78, 5) is 25.9. The lowest BCUT2D eigenvalue weighted by molar-refractivity contribution is 0.00704. The smallest absolute Gasteiger partial charge is 0.339 e. The van der Waals surface area contributed by atoms with E-state index in [-0.39, 0.29) is 5.97 Å². The minimum absolute atomic E-state index is 0.326. The van der Waals surface area contributed by atoms with Gasteiger partial charge < -0.3 is 9.30 Å². The molecule has 0 spiro atoms. The first kappa shape index (κ1) is 22.9. The molecule has 0 radical (unpaired) electrons. The van der Waals surface area contributed by atoms with Gasteiger partial charge in [-0.1, -0.05) is 61.0 Å². The van der Waals surface area contributed by atoms with Crippen LogP contribution in [0.2, 0.25) is 5.15 Å². The van der Waals surface area contributed by atoms with Crippen molar-refractivity contribution in [3.63, 3.8) is 0 Å². The molecule has 2 aromatic carbocycles. The molecule has 0 bridgehead atoms. The van der Waals surface area contributed by atoms with Gasteiger partial charge in [-0.2, -0.15) is 0 Å². The highest BCUT2D eigenvalue weighted by molar-refractivity contribution is 6.33. The molecule has 33 heavy (non-hydrogen) atoms. The molecule has 2 heterocycles. The van der Waals surface area contributed by atoms with Crippen LogP contribution in [0.4, 0.5) is 0 Å². The lowest BCUT2D eigenvalue weighted by Crippen LogP contribution is -2.24. The average Bonchev–Trinajstić information content (AvgIpc) is 3.12. The number of hydrogen-bond acceptors (Lipinski definition) is 5. The molecule has 0 saturated carbocycles. The van der Waals surface area contributed by atoms with Crippen LogP contribution in [0.15, 0.2) is 54.9 Å². The van der Waals surface area contributed by atoms with Crippen LogP contribution in [0, 0.1) is 0 Å². The minimum Gasteiger partial charge on any atom is -0.456 e. The summed E-state index contributed by atoms with van der Waals surface area (Å²) >= 11 is 6.25. The topological polar surface area (TPSA) is 69.9 Å². The molecule has 0 unspecified atom stereocenters. The van der Waals surface area contributed by atoms with E-state index >= 15 is 0 Å². The molecule has 4 aromatic rings. The van der Waals surface area contributed by atoms with Gasteiger partial charge in [-0.15, -0.1) is 0 Å². The minimum atomic E-state index is -0.551. The lowest BCUT2D eigenvalue weighted by atomic mass is 9.98. The fraction of sp³-hybridized carbons (Fsp3) is 0.308. The van der Waals surface area contributed by atoms with E-state index in [1.54, 1.807) is 6.07 Å². The maximum Gasteiger partial charge on any atom is 0.339 e. The summed E-state index contributed by atoms with van der Waals surface area (Å²) in [5.74, 6) is 0.613. The zero-order valence-corrected chi connectivity index (χ0v) is 20.1. The van der Waals surface area contributed by atoms with E-state index in [9.17, 15) is 4.79 Å². The second-order valence-electron chi connectivity index (χ2n) is 8.95. The number of imidazole rings is 1. The Morgan fingerprint density at radius 3 is 2.48 bits per heavy atom. The maximum absolute atomic E-state index is 12.7. The largest absolute Gasteiger partial charge is 0.456 e. The molecule has 6 nitrogen and oxygen atoms in total. The van der Waals surface area contributed by atoms with Gasteiger partial charge in [0.25, 0.3) is 0 Å². The Bertz CT molecular complexity index is 1290. The average molecular weight is 463 g/mol. The van der Waals surface area contributed by atoms with E-state index in [1.165, 1.54) is 6.33 Å². The first-order valence-corrected chi connectivity index (χ1v) is 11.4. The van der Waals surface area contributed by atoms with Gasteiger partial charge in [-0.25, -0.2) is 19.7 Å². The number of ether oxygens (including phenoxy) is 1. The van der Waals surface area contributed by atoms with Crippen LogP contribution in [0.5, 0.6) is 0 Å². The Morgan fingerprint density at radius 2 is 1.79 bits per heavy atom. The molecule has 2 aromatic heterocycles. The predicted octanol–water partition coefficient (Wildman–Crippen LogP) is 6.10. The second kappa shape index (κ2) is 9.32. The third-order valence-electron chi connectivity index (χ3n) is 5.19. The second-order valence-corrected chi connectivity index (χ2v) is 9.30. The highest BCUT2D eigenvalue weighted by Crippen LogP contribution is 2.27. The quantitative estimate of drug-likeness (QED) is 0.255. The zero-order valence-electron chi connectivity index (χ0n) is 19.3. The fourth-order valence-electron chi connectivity index (χ4n) is 3.75. The predicted molar refractivity (Wildman–Crippen MR) is 130 cm³/mol. The Morgan fingerprint density at radius 1 is 1.06 bits per heavy atom. The number of fused-ring (bicyclic) bond motifs is 1. The van der Waals surface area contributed by atoms with Crippen molar-refractivity contribution >= 4 is 28.7 Å². The van der Waals surface area contributed by atoms with Crippen LogP contribution in [0.1, 0.15) is 55.9 Å². The highest BCUT2D eigenvalue weighted by Gasteiger charge is 2.21. The highest BCUT2D eigenvalue weighted by atomic mass is 35.5. The molecule has 0 aliphatic carbocycles. The van der Waals surface area contributed by atoms with Gasteiger partial charge in [-0.05, 0) is 49.9 Å².